The first-order valence-corrected chi connectivity index (χ1v) is 10.8. The summed E-state index contributed by atoms with van der Waals surface area (Å²) in [7, 11) is -3.91. The van der Waals surface area contributed by atoms with Crippen molar-refractivity contribution in [1.29, 1.82) is 0 Å². The van der Waals surface area contributed by atoms with Crippen molar-refractivity contribution in [3.63, 3.8) is 0 Å². The van der Waals surface area contributed by atoms with Gasteiger partial charge in [0.05, 0.1) is 4.90 Å². The van der Waals surface area contributed by atoms with Crippen molar-refractivity contribution >= 4 is 21.7 Å². The minimum Gasteiger partial charge on any atom is -0.484 e. The number of hydrogen-bond donors (Lipinski definition) is 0. The second-order valence-corrected chi connectivity index (χ2v) is 8.94. The van der Waals surface area contributed by atoms with Gasteiger partial charge in [-0.2, -0.15) is 8.42 Å². The third kappa shape index (κ3) is 4.15. The molecule has 1 heterocycles. The van der Waals surface area contributed by atoms with Gasteiger partial charge in [0.25, 0.3) is 10.1 Å². The molecule has 0 aliphatic carbocycles. The summed E-state index contributed by atoms with van der Waals surface area (Å²) in [6, 6.07) is 16.7. The molecule has 1 aliphatic heterocycles. The molecule has 0 fully saturated rings. The molecule has 0 bridgehead atoms. The van der Waals surface area contributed by atoms with E-state index in [9.17, 15) is 12.8 Å². The van der Waals surface area contributed by atoms with Crippen molar-refractivity contribution in [3.05, 3.63) is 82.6 Å². The van der Waals surface area contributed by atoms with Crippen molar-refractivity contribution in [3.8, 4) is 16.9 Å². The molecule has 4 rings (SSSR count). The average Bonchev–Trinajstić information content (AvgIpc) is 3.11. The standard InChI is InChI=1S/C22H18ClFO4S/c1-14-6-8-18(9-7-14)29(25,26)27-13-17-11-16-10-15(12-21(24)22(16)28-17)19-4-2-3-5-20(19)23/h2-10,12,17H,11,13H2,1H3. The molecule has 29 heavy (non-hydrogen) atoms. The molecule has 0 aromatic heterocycles. The second-order valence-electron chi connectivity index (χ2n) is 6.92. The average molecular weight is 433 g/mol. The largest absolute Gasteiger partial charge is 0.484 e. The number of benzene rings is 3. The molecular weight excluding hydrogens is 415 g/mol. The van der Waals surface area contributed by atoms with Gasteiger partial charge < -0.3 is 4.74 Å². The van der Waals surface area contributed by atoms with Crippen LogP contribution in [0.25, 0.3) is 11.1 Å². The molecular formula is C22H18ClFO4S. The maximum atomic E-state index is 14.6. The fourth-order valence-electron chi connectivity index (χ4n) is 3.27. The molecule has 150 valence electrons. The first-order valence-electron chi connectivity index (χ1n) is 9.03. The van der Waals surface area contributed by atoms with E-state index in [1.807, 2.05) is 25.1 Å². The van der Waals surface area contributed by atoms with Crippen molar-refractivity contribution in [2.45, 2.75) is 24.3 Å². The van der Waals surface area contributed by atoms with Crippen LogP contribution < -0.4 is 4.74 Å². The molecule has 0 saturated heterocycles. The van der Waals surface area contributed by atoms with Gasteiger partial charge in [-0.3, -0.25) is 4.18 Å². The molecule has 1 unspecified atom stereocenters. The Kier molecular flexibility index (Phi) is 5.34. The Bertz CT molecular complexity index is 1160. The van der Waals surface area contributed by atoms with E-state index in [1.165, 1.54) is 18.2 Å². The lowest BCUT2D eigenvalue weighted by Gasteiger charge is -2.12. The van der Waals surface area contributed by atoms with Gasteiger partial charge in [-0.15, -0.1) is 0 Å². The van der Waals surface area contributed by atoms with E-state index in [4.69, 9.17) is 20.5 Å². The van der Waals surface area contributed by atoms with E-state index in [0.717, 1.165) is 11.1 Å². The van der Waals surface area contributed by atoms with Crippen LogP contribution in [-0.4, -0.2) is 21.1 Å². The predicted molar refractivity (Wildman–Crippen MR) is 109 cm³/mol. The SMILES string of the molecule is Cc1ccc(S(=O)(=O)OCC2Cc3cc(-c4ccccc4Cl)cc(F)c3O2)cc1. The highest BCUT2D eigenvalue weighted by molar-refractivity contribution is 7.86. The van der Waals surface area contributed by atoms with Gasteiger partial charge >= 0.3 is 0 Å². The molecule has 0 amide bonds. The number of halogens is 2. The van der Waals surface area contributed by atoms with Gasteiger partial charge in [0.1, 0.15) is 12.7 Å². The van der Waals surface area contributed by atoms with Crippen LogP contribution in [0.5, 0.6) is 5.75 Å². The van der Waals surface area contributed by atoms with Crippen LogP contribution >= 0.6 is 11.6 Å². The molecule has 1 aliphatic rings. The Labute approximate surface area is 174 Å². The van der Waals surface area contributed by atoms with Crippen LogP contribution in [0.15, 0.2) is 65.6 Å². The van der Waals surface area contributed by atoms with E-state index in [0.29, 0.717) is 22.6 Å². The van der Waals surface area contributed by atoms with E-state index >= 15 is 0 Å². The highest BCUT2D eigenvalue weighted by Crippen LogP contribution is 2.37. The monoisotopic (exact) mass is 432 g/mol. The second kappa shape index (κ2) is 7.78. The van der Waals surface area contributed by atoms with Crippen LogP contribution in [0.1, 0.15) is 11.1 Å². The van der Waals surface area contributed by atoms with Gasteiger partial charge in [0.2, 0.25) is 0 Å². The zero-order valence-corrected chi connectivity index (χ0v) is 17.1. The summed E-state index contributed by atoms with van der Waals surface area (Å²) in [6.45, 7) is 1.66. The molecule has 1 atom stereocenters. The van der Waals surface area contributed by atoms with Gasteiger partial charge in [0, 0.05) is 22.6 Å². The first kappa shape index (κ1) is 19.9. The number of aryl methyl sites for hydroxylation is 1. The molecule has 0 spiro atoms. The Morgan fingerprint density at radius 3 is 2.59 bits per heavy atom. The highest BCUT2D eigenvalue weighted by atomic mass is 35.5. The lowest BCUT2D eigenvalue weighted by atomic mass is 10.0. The van der Waals surface area contributed by atoms with Crippen molar-refractivity contribution in [1.82, 2.24) is 0 Å². The molecule has 0 radical (unpaired) electrons. The maximum Gasteiger partial charge on any atom is 0.297 e. The fourth-order valence-corrected chi connectivity index (χ4v) is 4.45. The summed E-state index contributed by atoms with van der Waals surface area (Å²) in [4.78, 5) is 0.0748. The summed E-state index contributed by atoms with van der Waals surface area (Å²) >= 11 is 6.22. The third-order valence-corrected chi connectivity index (χ3v) is 6.38. The van der Waals surface area contributed by atoms with Gasteiger partial charge in [0.15, 0.2) is 11.6 Å². The van der Waals surface area contributed by atoms with Gasteiger partial charge in [-0.25, -0.2) is 4.39 Å². The number of hydrogen-bond acceptors (Lipinski definition) is 4. The van der Waals surface area contributed by atoms with E-state index in [-0.39, 0.29) is 17.3 Å². The minimum absolute atomic E-state index is 0.0748. The topological polar surface area (TPSA) is 52.6 Å². The normalized spacial score (nSPS) is 15.8. The minimum atomic E-state index is -3.91. The molecule has 4 nitrogen and oxygen atoms in total. The summed E-state index contributed by atoms with van der Waals surface area (Å²) < 4.78 is 50.1. The Morgan fingerprint density at radius 2 is 1.86 bits per heavy atom. The molecule has 7 heteroatoms. The number of fused-ring (bicyclic) bond motifs is 1. The summed E-state index contributed by atoms with van der Waals surface area (Å²) in [5.74, 6) is -0.386. The van der Waals surface area contributed by atoms with Crippen LogP contribution in [0.3, 0.4) is 0 Å². The molecule has 0 saturated carbocycles. The molecule has 3 aromatic rings. The van der Waals surface area contributed by atoms with Crippen molar-refractivity contribution in [2.24, 2.45) is 0 Å². The summed E-state index contributed by atoms with van der Waals surface area (Å²) in [5.41, 5.74) is 2.96. The van der Waals surface area contributed by atoms with Crippen LogP contribution in [0, 0.1) is 12.7 Å². The highest BCUT2D eigenvalue weighted by Gasteiger charge is 2.29. The molecule has 3 aromatic carbocycles. The zero-order valence-electron chi connectivity index (χ0n) is 15.6. The lowest BCUT2D eigenvalue weighted by molar-refractivity contribution is 0.148. The van der Waals surface area contributed by atoms with Crippen molar-refractivity contribution in [2.75, 3.05) is 6.61 Å². The zero-order chi connectivity index (χ0) is 20.6. The van der Waals surface area contributed by atoms with Gasteiger partial charge in [-0.05, 0) is 42.8 Å². The number of ether oxygens (including phenoxy) is 1. The Hall–Kier alpha value is -2.41. The van der Waals surface area contributed by atoms with Crippen LogP contribution in [0.2, 0.25) is 5.02 Å². The molecule has 0 N–H and O–H groups in total. The quantitative estimate of drug-likeness (QED) is 0.522. The van der Waals surface area contributed by atoms with Crippen LogP contribution in [-0.2, 0) is 20.7 Å². The first-order chi connectivity index (χ1) is 13.8. The van der Waals surface area contributed by atoms with E-state index in [2.05, 4.69) is 0 Å². The lowest BCUT2D eigenvalue weighted by Crippen LogP contribution is -2.23. The fraction of sp³-hybridized carbons (Fsp3) is 0.182. The maximum absolute atomic E-state index is 14.6. The van der Waals surface area contributed by atoms with Crippen LogP contribution in [0.4, 0.5) is 4.39 Å². The Morgan fingerprint density at radius 1 is 1.14 bits per heavy atom. The third-order valence-electron chi connectivity index (χ3n) is 4.76. The van der Waals surface area contributed by atoms with E-state index in [1.54, 1.807) is 24.3 Å². The smallest absolute Gasteiger partial charge is 0.297 e. The predicted octanol–water partition coefficient (Wildman–Crippen LogP) is 5.16. The summed E-state index contributed by atoms with van der Waals surface area (Å²) in [5, 5.41) is 0.523. The van der Waals surface area contributed by atoms with Crippen molar-refractivity contribution < 1.29 is 21.7 Å². The van der Waals surface area contributed by atoms with Gasteiger partial charge in [-0.1, -0.05) is 47.5 Å². The number of rotatable bonds is 5. The summed E-state index contributed by atoms with van der Waals surface area (Å²) in [6.07, 6.45) is -0.255. The Balaban J connectivity index is 1.50. The van der Waals surface area contributed by atoms with E-state index < -0.39 is 22.0 Å².